The van der Waals surface area contributed by atoms with Gasteiger partial charge in [-0.2, -0.15) is 0 Å². The first-order valence-corrected chi connectivity index (χ1v) is 11.7. The number of hydrogen-bond donors (Lipinski definition) is 2. The molecule has 2 N–H and O–H groups in total. The molecule has 2 heterocycles. The fourth-order valence-corrected chi connectivity index (χ4v) is 5.98. The van der Waals surface area contributed by atoms with Gasteiger partial charge in [0.25, 0.3) is 0 Å². The second-order valence-electron chi connectivity index (χ2n) is 8.18. The molecule has 2 aliphatic heterocycles. The molecule has 3 aliphatic rings. The first-order valence-electron chi connectivity index (χ1n) is 9.83. The highest BCUT2D eigenvalue weighted by atomic mass is 32.2. The third kappa shape index (κ3) is 6.13. The number of nitrogens with zero attached hydrogens (tertiary/aromatic N) is 1. The number of ether oxygens (including phenoxy) is 1. The summed E-state index contributed by atoms with van der Waals surface area (Å²) in [4.78, 5) is 4.74. The summed E-state index contributed by atoms with van der Waals surface area (Å²) in [7, 11) is -2.83. The summed E-state index contributed by atoms with van der Waals surface area (Å²) < 4.78 is 28.7. The molecular formula is C18H33N3O3S. The monoisotopic (exact) mass is 371 g/mol. The van der Waals surface area contributed by atoms with Gasteiger partial charge in [-0.15, -0.1) is 0 Å². The summed E-state index contributed by atoms with van der Waals surface area (Å²) in [5.74, 6) is 2.95. The Morgan fingerprint density at radius 1 is 1.20 bits per heavy atom. The van der Waals surface area contributed by atoms with Gasteiger partial charge in [-0.05, 0) is 37.5 Å². The molecule has 0 spiro atoms. The molecule has 7 heteroatoms. The summed E-state index contributed by atoms with van der Waals surface area (Å²) >= 11 is 0. The van der Waals surface area contributed by atoms with Crippen molar-refractivity contribution in [1.82, 2.24) is 10.6 Å². The summed E-state index contributed by atoms with van der Waals surface area (Å²) in [5, 5.41) is 7.08. The van der Waals surface area contributed by atoms with E-state index in [2.05, 4.69) is 17.6 Å². The fraction of sp³-hybridized carbons (Fsp3) is 0.944. The molecule has 3 rings (SSSR count). The molecule has 4 atom stereocenters. The van der Waals surface area contributed by atoms with Crippen molar-refractivity contribution in [2.24, 2.45) is 22.7 Å². The van der Waals surface area contributed by atoms with E-state index in [4.69, 9.17) is 9.73 Å². The second-order valence-corrected chi connectivity index (χ2v) is 10.4. The summed E-state index contributed by atoms with van der Waals surface area (Å²) in [6, 6.07) is 0.474. The van der Waals surface area contributed by atoms with E-state index in [1.54, 1.807) is 0 Å². The quantitative estimate of drug-likeness (QED) is 0.566. The largest absolute Gasteiger partial charge is 0.381 e. The zero-order valence-corrected chi connectivity index (χ0v) is 16.2. The molecule has 1 saturated carbocycles. The Morgan fingerprint density at radius 2 is 2.08 bits per heavy atom. The minimum absolute atomic E-state index is 0.170. The third-order valence-corrected chi connectivity index (χ3v) is 7.53. The minimum Gasteiger partial charge on any atom is -0.381 e. The van der Waals surface area contributed by atoms with Crippen molar-refractivity contribution in [2.45, 2.75) is 51.5 Å². The van der Waals surface area contributed by atoms with E-state index in [0.29, 0.717) is 30.0 Å². The van der Waals surface area contributed by atoms with Crippen LogP contribution in [0.25, 0.3) is 0 Å². The van der Waals surface area contributed by atoms with Gasteiger partial charge in [-0.25, -0.2) is 8.42 Å². The summed E-state index contributed by atoms with van der Waals surface area (Å²) in [6.07, 6.45) is 6.80. The van der Waals surface area contributed by atoms with Crippen LogP contribution in [0.5, 0.6) is 0 Å². The Morgan fingerprint density at radius 3 is 2.76 bits per heavy atom. The lowest BCUT2D eigenvalue weighted by Gasteiger charge is -2.29. The maximum Gasteiger partial charge on any atom is 0.191 e. The van der Waals surface area contributed by atoms with Gasteiger partial charge in [-0.1, -0.05) is 19.8 Å². The van der Waals surface area contributed by atoms with Gasteiger partial charge >= 0.3 is 0 Å². The van der Waals surface area contributed by atoms with Gasteiger partial charge in [0.15, 0.2) is 15.8 Å². The average Bonchev–Trinajstić information content (AvgIpc) is 3.19. The predicted molar refractivity (Wildman–Crippen MR) is 101 cm³/mol. The Hall–Kier alpha value is -0.820. The van der Waals surface area contributed by atoms with E-state index in [0.717, 1.165) is 44.5 Å². The van der Waals surface area contributed by atoms with Crippen LogP contribution in [0.3, 0.4) is 0 Å². The van der Waals surface area contributed by atoms with E-state index in [1.807, 2.05) is 0 Å². The van der Waals surface area contributed by atoms with Crippen LogP contribution in [-0.4, -0.2) is 58.2 Å². The van der Waals surface area contributed by atoms with E-state index in [-0.39, 0.29) is 5.92 Å². The molecule has 0 bridgehead atoms. The Balaban J connectivity index is 1.55. The summed E-state index contributed by atoms with van der Waals surface area (Å²) in [6.45, 7) is 5.46. The van der Waals surface area contributed by atoms with Crippen molar-refractivity contribution in [3.05, 3.63) is 0 Å². The highest BCUT2D eigenvalue weighted by Gasteiger charge is 2.28. The van der Waals surface area contributed by atoms with E-state index < -0.39 is 9.84 Å². The lowest BCUT2D eigenvalue weighted by atomic mass is 9.87. The van der Waals surface area contributed by atoms with Gasteiger partial charge in [0.2, 0.25) is 0 Å². The van der Waals surface area contributed by atoms with Gasteiger partial charge in [-0.3, -0.25) is 4.99 Å². The van der Waals surface area contributed by atoms with Gasteiger partial charge < -0.3 is 15.4 Å². The molecule has 0 aromatic rings. The lowest BCUT2D eigenvalue weighted by Crippen LogP contribution is -2.46. The average molecular weight is 372 g/mol. The van der Waals surface area contributed by atoms with Gasteiger partial charge in [0, 0.05) is 31.7 Å². The molecule has 4 unspecified atom stereocenters. The van der Waals surface area contributed by atoms with E-state index >= 15 is 0 Å². The number of nitrogens with one attached hydrogen (secondary N) is 2. The molecule has 144 valence electrons. The first-order chi connectivity index (χ1) is 12.0. The number of rotatable bonds is 5. The molecule has 0 amide bonds. The molecule has 0 aromatic carbocycles. The third-order valence-electron chi connectivity index (χ3n) is 5.69. The normalized spacial score (nSPS) is 35.6. The minimum atomic E-state index is -2.83. The molecule has 0 radical (unpaired) electrons. The van der Waals surface area contributed by atoms with Crippen LogP contribution < -0.4 is 10.6 Å². The van der Waals surface area contributed by atoms with Crippen LogP contribution in [0, 0.1) is 17.8 Å². The lowest BCUT2D eigenvalue weighted by molar-refractivity contribution is 0.186. The van der Waals surface area contributed by atoms with Crippen LogP contribution in [0.15, 0.2) is 4.99 Å². The zero-order valence-electron chi connectivity index (χ0n) is 15.4. The number of sulfone groups is 1. The molecular weight excluding hydrogens is 338 g/mol. The fourth-order valence-electron chi connectivity index (χ4n) is 4.13. The molecule has 0 aromatic heterocycles. The van der Waals surface area contributed by atoms with Crippen LogP contribution in [-0.2, 0) is 14.6 Å². The Kier molecular flexibility index (Phi) is 6.61. The van der Waals surface area contributed by atoms with E-state index in [1.165, 1.54) is 25.7 Å². The standard InChI is InChI=1S/C18H33N3O3S/c1-14-3-2-4-17(9-14)21-18(19-10-15-5-7-24-12-15)20-11-16-6-8-25(22,23)13-16/h14-17H,2-13H2,1H3,(H2,19,20,21). The van der Waals surface area contributed by atoms with Crippen LogP contribution in [0.2, 0.25) is 0 Å². The number of hydrogen-bond acceptors (Lipinski definition) is 4. The highest BCUT2D eigenvalue weighted by Crippen LogP contribution is 2.23. The first kappa shape index (κ1) is 19.0. The topological polar surface area (TPSA) is 79.8 Å². The van der Waals surface area contributed by atoms with Crippen molar-refractivity contribution < 1.29 is 13.2 Å². The van der Waals surface area contributed by atoms with E-state index in [9.17, 15) is 8.42 Å². The molecule has 3 fully saturated rings. The number of aliphatic imine (C=N–C) groups is 1. The Bertz CT molecular complexity index is 558. The smallest absolute Gasteiger partial charge is 0.191 e. The highest BCUT2D eigenvalue weighted by molar-refractivity contribution is 7.91. The molecule has 2 saturated heterocycles. The zero-order chi connectivity index (χ0) is 17.7. The SMILES string of the molecule is CC1CCCC(NC(=NCC2CCS(=O)(=O)C2)NCC2CCOC2)C1. The van der Waals surface area contributed by atoms with Crippen LogP contribution >= 0.6 is 0 Å². The predicted octanol–water partition coefficient (Wildman–Crippen LogP) is 1.57. The maximum absolute atomic E-state index is 11.6. The van der Waals surface area contributed by atoms with Crippen LogP contribution in [0.4, 0.5) is 0 Å². The second kappa shape index (κ2) is 8.71. The number of guanidine groups is 1. The van der Waals surface area contributed by atoms with Gasteiger partial charge in [0.05, 0.1) is 18.1 Å². The Labute approximate surface area is 152 Å². The maximum atomic E-state index is 11.6. The molecule has 25 heavy (non-hydrogen) atoms. The van der Waals surface area contributed by atoms with Crippen molar-refractivity contribution in [3.63, 3.8) is 0 Å². The van der Waals surface area contributed by atoms with Crippen molar-refractivity contribution in [2.75, 3.05) is 37.8 Å². The molecule has 6 nitrogen and oxygen atoms in total. The summed E-state index contributed by atoms with van der Waals surface area (Å²) in [5.41, 5.74) is 0. The molecule has 1 aliphatic carbocycles. The van der Waals surface area contributed by atoms with Crippen molar-refractivity contribution in [3.8, 4) is 0 Å². The van der Waals surface area contributed by atoms with Crippen molar-refractivity contribution >= 4 is 15.8 Å². The van der Waals surface area contributed by atoms with Crippen molar-refractivity contribution in [1.29, 1.82) is 0 Å². The van der Waals surface area contributed by atoms with Gasteiger partial charge in [0.1, 0.15) is 0 Å². The van der Waals surface area contributed by atoms with Crippen LogP contribution in [0.1, 0.15) is 45.4 Å².